The zero-order chi connectivity index (χ0) is 22.3. The van der Waals surface area contributed by atoms with Crippen LogP contribution in [0, 0.1) is 20.8 Å². The number of aryl methyl sites for hydroxylation is 3. The molecule has 8 heteroatoms. The lowest BCUT2D eigenvalue weighted by molar-refractivity contribution is -0.116. The van der Waals surface area contributed by atoms with E-state index in [2.05, 4.69) is 21.2 Å². The third-order valence-electron chi connectivity index (χ3n) is 5.20. The van der Waals surface area contributed by atoms with Crippen molar-refractivity contribution in [3.05, 3.63) is 89.8 Å². The summed E-state index contributed by atoms with van der Waals surface area (Å²) in [6, 6.07) is 12.7. The van der Waals surface area contributed by atoms with E-state index in [1.807, 2.05) is 45.0 Å². The van der Waals surface area contributed by atoms with E-state index < -0.39 is 5.69 Å². The molecule has 0 aliphatic rings. The Labute approximate surface area is 190 Å². The van der Waals surface area contributed by atoms with Crippen molar-refractivity contribution in [1.82, 2.24) is 9.13 Å². The van der Waals surface area contributed by atoms with E-state index in [0.717, 1.165) is 25.7 Å². The van der Waals surface area contributed by atoms with Crippen LogP contribution in [0.25, 0.3) is 15.9 Å². The fraction of sp³-hybridized carbons (Fsp3) is 0.174. The molecule has 31 heavy (non-hydrogen) atoms. The summed E-state index contributed by atoms with van der Waals surface area (Å²) in [6.45, 7) is 5.64. The summed E-state index contributed by atoms with van der Waals surface area (Å²) >= 11 is 4.70. The number of rotatable bonds is 4. The van der Waals surface area contributed by atoms with Crippen molar-refractivity contribution < 1.29 is 4.79 Å². The molecule has 2 aromatic heterocycles. The second kappa shape index (κ2) is 8.28. The molecule has 0 atom stereocenters. The number of hydrogen-bond donors (Lipinski definition) is 1. The molecule has 4 rings (SSSR count). The first-order valence-corrected chi connectivity index (χ1v) is 11.3. The summed E-state index contributed by atoms with van der Waals surface area (Å²) < 4.78 is 3.68. The van der Waals surface area contributed by atoms with E-state index in [1.54, 1.807) is 23.6 Å². The minimum atomic E-state index is -0.544. The van der Waals surface area contributed by atoms with Gasteiger partial charge in [0.15, 0.2) is 0 Å². The molecule has 2 aromatic carbocycles. The third kappa shape index (κ3) is 4.00. The maximum Gasteiger partial charge on any atom is 0.336 e. The lowest BCUT2D eigenvalue weighted by Gasteiger charge is -2.14. The number of amides is 1. The lowest BCUT2D eigenvalue weighted by atomic mass is 10.1. The number of anilines is 1. The van der Waals surface area contributed by atoms with Crippen LogP contribution in [-0.4, -0.2) is 15.0 Å². The van der Waals surface area contributed by atoms with Crippen molar-refractivity contribution in [2.75, 3.05) is 5.32 Å². The zero-order valence-electron chi connectivity index (χ0n) is 17.2. The van der Waals surface area contributed by atoms with Crippen LogP contribution in [0.3, 0.4) is 0 Å². The molecule has 6 nitrogen and oxygen atoms in total. The van der Waals surface area contributed by atoms with Crippen molar-refractivity contribution >= 4 is 49.1 Å². The highest BCUT2D eigenvalue weighted by Crippen LogP contribution is 2.23. The van der Waals surface area contributed by atoms with Crippen LogP contribution in [0.2, 0.25) is 0 Å². The standard InChI is InChI=1S/C23H20BrN3O3S/c1-13-4-7-18(17(24)10-13)25-20(28)12-26-19-8-9-31-21(19)22(29)27(23(26)30)16-6-5-14(2)15(3)11-16/h4-11H,12H2,1-3H3,(H,25,28). The highest BCUT2D eigenvalue weighted by atomic mass is 79.9. The summed E-state index contributed by atoms with van der Waals surface area (Å²) in [4.78, 5) is 39.2. The first-order valence-electron chi connectivity index (χ1n) is 9.63. The van der Waals surface area contributed by atoms with Gasteiger partial charge in [-0.15, -0.1) is 11.3 Å². The average molecular weight is 498 g/mol. The smallest absolute Gasteiger partial charge is 0.324 e. The molecule has 0 radical (unpaired) electrons. The monoisotopic (exact) mass is 497 g/mol. The number of halogens is 1. The summed E-state index contributed by atoms with van der Waals surface area (Å²) in [5.74, 6) is -0.357. The zero-order valence-corrected chi connectivity index (χ0v) is 19.6. The van der Waals surface area contributed by atoms with Crippen molar-refractivity contribution in [1.29, 1.82) is 0 Å². The number of benzene rings is 2. The molecule has 2 heterocycles. The quantitative estimate of drug-likeness (QED) is 0.449. The van der Waals surface area contributed by atoms with Gasteiger partial charge in [0.1, 0.15) is 11.2 Å². The lowest BCUT2D eigenvalue weighted by Crippen LogP contribution is -2.40. The molecule has 158 valence electrons. The number of thiophene rings is 1. The van der Waals surface area contributed by atoms with Crippen molar-refractivity contribution in [2.45, 2.75) is 27.3 Å². The van der Waals surface area contributed by atoms with Crippen LogP contribution >= 0.6 is 27.3 Å². The van der Waals surface area contributed by atoms with Gasteiger partial charge >= 0.3 is 5.69 Å². The maximum absolute atomic E-state index is 13.3. The van der Waals surface area contributed by atoms with Crippen molar-refractivity contribution in [2.24, 2.45) is 0 Å². The van der Waals surface area contributed by atoms with Gasteiger partial charge in [0.05, 0.1) is 16.9 Å². The Hall–Kier alpha value is -2.97. The number of carbonyl (C=O) groups excluding carboxylic acids is 1. The molecule has 0 saturated carbocycles. The van der Waals surface area contributed by atoms with E-state index in [1.165, 1.54) is 15.9 Å². The summed E-state index contributed by atoms with van der Waals surface area (Å²) in [6.07, 6.45) is 0. The van der Waals surface area contributed by atoms with Crippen LogP contribution in [0.5, 0.6) is 0 Å². The van der Waals surface area contributed by atoms with E-state index in [-0.39, 0.29) is 18.0 Å². The molecular weight excluding hydrogens is 478 g/mol. The van der Waals surface area contributed by atoms with Gasteiger partial charge in [-0.1, -0.05) is 12.1 Å². The predicted octanol–water partition coefficient (Wildman–Crippen LogP) is 4.54. The summed E-state index contributed by atoms with van der Waals surface area (Å²) in [5, 5.41) is 4.58. The average Bonchev–Trinajstić information content (AvgIpc) is 3.20. The highest BCUT2D eigenvalue weighted by Gasteiger charge is 2.18. The van der Waals surface area contributed by atoms with Gasteiger partial charge in [-0.05, 0) is 89.1 Å². The van der Waals surface area contributed by atoms with E-state index in [0.29, 0.717) is 21.6 Å². The summed E-state index contributed by atoms with van der Waals surface area (Å²) in [5.41, 5.74) is 3.74. The molecule has 0 unspecified atom stereocenters. The van der Waals surface area contributed by atoms with Gasteiger partial charge in [0.25, 0.3) is 5.56 Å². The minimum absolute atomic E-state index is 0.211. The number of fused-ring (bicyclic) bond motifs is 1. The maximum atomic E-state index is 13.3. The van der Waals surface area contributed by atoms with Crippen molar-refractivity contribution in [3.63, 3.8) is 0 Å². The SMILES string of the molecule is Cc1ccc(NC(=O)Cn2c(=O)n(-c3ccc(C)c(C)c3)c(=O)c3sccc32)c(Br)c1. The topological polar surface area (TPSA) is 73.1 Å². The molecule has 0 fully saturated rings. The van der Waals surface area contributed by atoms with E-state index >= 15 is 0 Å². The van der Waals surface area contributed by atoms with Crippen LogP contribution in [-0.2, 0) is 11.3 Å². The fourth-order valence-electron chi connectivity index (χ4n) is 3.39. The van der Waals surface area contributed by atoms with Gasteiger partial charge in [0.2, 0.25) is 5.91 Å². The molecule has 0 saturated heterocycles. The molecule has 0 spiro atoms. The fourth-order valence-corrected chi connectivity index (χ4v) is 4.80. The molecular formula is C23H20BrN3O3S. The Bertz CT molecular complexity index is 1450. The van der Waals surface area contributed by atoms with Crippen LogP contribution in [0.15, 0.2) is 61.9 Å². The van der Waals surface area contributed by atoms with E-state index in [4.69, 9.17) is 0 Å². The van der Waals surface area contributed by atoms with Gasteiger partial charge in [-0.2, -0.15) is 0 Å². The highest BCUT2D eigenvalue weighted by molar-refractivity contribution is 9.10. The molecule has 1 N–H and O–H groups in total. The largest absolute Gasteiger partial charge is 0.336 e. The molecule has 0 aliphatic carbocycles. The Morgan fingerprint density at radius 3 is 2.52 bits per heavy atom. The van der Waals surface area contributed by atoms with Crippen LogP contribution < -0.4 is 16.6 Å². The number of hydrogen-bond acceptors (Lipinski definition) is 4. The van der Waals surface area contributed by atoms with Crippen LogP contribution in [0.4, 0.5) is 5.69 Å². The number of nitrogens with zero attached hydrogens (tertiary/aromatic N) is 2. The Morgan fingerprint density at radius 2 is 1.81 bits per heavy atom. The Morgan fingerprint density at radius 1 is 1.03 bits per heavy atom. The number of aromatic nitrogens is 2. The van der Waals surface area contributed by atoms with Gasteiger partial charge in [0, 0.05) is 4.47 Å². The first-order chi connectivity index (χ1) is 14.8. The Balaban J connectivity index is 1.80. The van der Waals surface area contributed by atoms with Crippen molar-refractivity contribution in [3.8, 4) is 5.69 Å². The second-order valence-corrected chi connectivity index (χ2v) is 9.21. The Kier molecular flexibility index (Phi) is 5.68. The van der Waals surface area contributed by atoms with Gasteiger partial charge < -0.3 is 5.32 Å². The molecule has 1 amide bonds. The summed E-state index contributed by atoms with van der Waals surface area (Å²) in [7, 11) is 0. The van der Waals surface area contributed by atoms with E-state index in [9.17, 15) is 14.4 Å². The molecule has 0 aliphatic heterocycles. The van der Waals surface area contributed by atoms with Gasteiger partial charge in [-0.3, -0.25) is 14.2 Å². The number of nitrogens with one attached hydrogen (secondary N) is 1. The normalized spacial score (nSPS) is 11.1. The minimum Gasteiger partial charge on any atom is -0.324 e. The van der Waals surface area contributed by atoms with Crippen LogP contribution in [0.1, 0.15) is 16.7 Å². The third-order valence-corrected chi connectivity index (χ3v) is 6.75. The predicted molar refractivity (Wildman–Crippen MR) is 129 cm³/mol. The number of carbonyl (C=O) groups is 1. The molecule has 0 bridgehead atoms. The first kappa shape index (κ1) is 21.3. The second-order valence-electron chi connectivity index (χ2n) is 7.44. The van der Waals surface area contributed by atoms with Gasteiger partial charge in [-0.25, -0.2) is 9.36 Å². The molecule has 4 aromatic rings.